The Bertz CT molecular complexity index is 5280. The number of hydrogen-bond acceptors (Lipinski definition) is 40. The first-order valence-corrected chi connectivity index (χ1v) is 46.9. The van der Waals surface area contributed by atoms with Crippen LogP contribution < -0.4 is 71.2 Å². The highest BCUT2D eigenvalue weighted by atomic mass is 32.9. The van der Waals surface area contributed by atoms with Gasteiger partial charge in [-0.2, -0.15) is 15.0 Å². The molecule has 20 atom stereocenters. The van der Waals surface area contributed by atoms with Crippen molar-refractivity contribution in [1.82, 2.24) is 67.7 Å². The number of nitrogens with two attached hydrogens (primary N) is 3. The fourth-order valence-electron chi connectivity index (χ4n) is 12.8. The second kappa shape index (κ2) is 33.5. The number of aromatic nitrogens is 14. The molecule has 0 aliphatic carbocycles. The Morgan fingerprint density at radius 1 is 0.523 bits per heavy atom. The third-order valence-corrected chi connectivity index (χ3v) is 26.4. The summed E-state index contributed by atoms with van der Waals surface area (Å²) in [5.41, 5.74) is 8.69. The van der Waals surface area contributed by atoms with E-state index in [0.717, 1.165) is 9.13 Å². The summed E-state index contributed by atoms with van der Waals surface area (Å²) in [6.45, 7) is -12.3. The third-order valence-electron chi connectivity index (χ3n) is 17.8. The molecule has 5 saturated heterocycles. The van der Waals surface area contributed by atoms with Gasteiger partial charge < -0.3 is 125 Å². The predicted molar refractivity (Wildman–Crippen MR) is 396 cm³/mol. The van der Waals surface area contributed by atoms with Gasteiger partial charge in [-0.3, -0.25) is 66.5 Å². The highest BCUT2D eigenvalue weighted by Gasteiger charge is 2.47. The summed E-state index contributed by atoms with van der Waals surface area (Å²) >= 11 is 32.7. The molecule has 0 saturated carbocycles. The monoisotopic (exact) mass is 1730 g/mol. The third kappa shape index (κ3) is 20.1. The molecule has 54 heteroatoms. The van der Waals surface area contributed by atoms with Gasteiger partial charge in [-0.15, -0.1) is 0 Å². The summed E-state index contributed by atoms with van der Waals surface area (Å²) in [5.74, 6) is -0.844. The summed E-state index contributed by atoms with van der Waals surface area (Å²) in [6, 6.07) is 1.43. The minimum absolute atomic E-state index is 0.00487. The molecule has 0 radical (unpaired) electrons. The van der Waals surface area contributed by atoms with Crippen molar-refractivity contribution < 1.29 is 88.2 Å². The normalized spacial score (nSPS) is 28.8. The molecule has 7 aromatic rings. The van der Waals surface area contributed by atoms with Crippen LogP contribution in [0.2, 0.25) is 0 Å². The maximum atomic E-state index is 14.7. The fraction of sp³-hybridized carbons (Fsp3) is 0.600. The minimum atomic E-state index is -4.92. The van der Waals surface area contributed by atoms with Gasteiger partial charge in [0.15, 0.2) is 29.1 Å². The van der Waals surface area contributed by atoms with E-state index in [9.17, 15) is 52.8 Å². The number of fused-ring (bicyclic) bond motifs is 2. The molecule has 0 bridgehead atoms. The summed E-state index contributed by atoms with van der Waals surface area (Å²) < 4.78 is 111. The molecule has 43 nitrogen and oxygen atoms in total. The fourth-order valence-corrected chi connectivity index (χ4v) is 20.9. The van der Waals surface area contributed by atoms with Crippen LogP contribution in [0.15, 0.2) is 70.9 Å². The molecule has 10 N–H and O–H groups in total. The van der Waals surface area contributed by atoms with Crippen LogP contribution in [0, 0.1) is 25.7 Å². The van der Waals surface area contributed by atoms with Crippen molar-refractivity contribution in [2.75, 3.05) is 50.2 Å². The molecule has 0 amide bonds. The molecule has 10 unspecified atom stereocenters. The number of hydrogen-bond donors (Lipinski definition) is 7. The van der Waals surface area contributed by atoms with Gasteiger partial charge in [0.25, 0.3) is 22.2 Å². The second-order valence-corrected chi connectivity index (χ2v) is 42.0. The lowest BCUT2D eigenvalue weighted by Gasteiger charge is -2.36. The number of imidazole rings is 2. The standard InChI is InChI=1S/C55H76N17O26P5S6/c1-23(2)27-9-38(68-8-7-37(56)61-53(68)77)89-32(27)16-84-99(80,104)95-28-10-39(69-14-25(5)47(73)66-54(69)78)90-33(28)17-85-101(82,106)97-30-12-41(71-21-59-43-45(71)62-51(57)64-49(43)75)92-35(30)19-87-100(81,105)96-29-11-40(70-15-26(6)48(74)67-55(70)79)91-34(29)18-86-102(83,107)98-31-13-42(93-36(31)20-88-103(108,109)94-24(3)4)72-22-60-44-46(72)63-52(58)65-50(44)76/h7-8,14-15,21-24,27-36,38-42H,9-13,16-20H2,1-6H3,(H,80,104)(H,81,105)(H,82,106)(H,83,107)(H,108,109)(H2,56,61,77)(H,66,73,78)(H,67,74,79)(H3,57,62,64,75)(H3,58,63,65,76)/p-5/t27?,28?,29?,30?,31?,32-,33-,34-,35-,36-,38-,39-,40-,41-,42-,99?,100?,101?,102?/m1/s1. The molecule has 5 fully saturated rings. The van der Waals surface area contributed by atoms with E-state index in [2.05, 4.69) is 44.9 Å². The molecule has 7 aromatic heterocycles. The van der Waals surface area contributed by atoms with E-state index < -0.39 is 184 Å². The number of anilines is 3. The molecule has 0 spiro atoms. The molecule has 12 rings (SSSR count). The van der Waals surface area contributed by atoms with Crippen LogP contribution in [0.3, 0.4) is 0 Å². The van der Waals surface area contributed by atoms with Crippen molar-refractivity contribution >= 4 is 144 Å². The van der Waals surface area contributed by atoms with Gasteiger partial charge in [-0.25, -0.2) is 24.4 Å². The maximum absolute atomic E-state index is 14.7. The summed E-state index contributed by atoms with van der Waals surface area (Å²) in [5, 5.41) is 0. The number of aromatic amines is 4. The van der Waals surface area contributed by atoms with E-state index in [1.165, 1.54) is 64.9 Å². The van der Waals surface area contributed by atoms with Gasteiger partial charge >= 0.3 is 17.1 Å². The Labute approximate surface area is 645 Å². The number of H-pyrrole nitrogens is 4. The Morgan fingerprint density at radius 3 is 1.31 bits per heavy atom. The van der Waals surface area contributed by atoms with E-state index in [0.29, 0.717) is 6.42 Å². The molecule has 0 aromatic carbocycles. The van der Waals surface area contributed by atoms with Crippen LogP contribution in [-0.2, 0) is 145 Å². The number of rotatable bonds is 31. The number of nitrogen functional groups attached to an aromatic ring is 3. The quantitative estimate of drug-likeness (QED) is 0.0221. The summed E-state index contributed by atoms with van der Waals surface area (Å²) in [6.07, 6.45) is -12.8. The van der Waals surface area contributed by atoms with E-state index in [1.807, 2.05) is 13.8 Å². The lowest BCUT2D eigenvalue weighted by Crippen LogP contribution is -2.34. The molecule has 12 heterocycles. The second-order valence-electron chi connectivity index (χ2n) is 26.2. The molecule has 109 heavy (non-hydrogen) atoms. The largest absolute Gasteiger partial charge is 0.780 e. The molecule has 5 aliphatic rings. The van der Waals surface area contributed by atoms with Crippen LogP contribution in [0.4, 0.5) is 17.7 Å². The zero-order valence-corrected chi connectivity index (χ0v) is 67.2. The van der Waals surface area contributed by atoms with E-state index in [1.54, 1.807) is 13.8 Å². The molecular formula is C55H71N17O26P5S6-5. The number of nitrogens with zero attached hydrogens (tertiary/aromatic N) is 10. The Balaban J connectivity index is 0.758. The van der Waals surface area contributed by atoms with Crippen LogP contribution in [-0.4, -0.2) is 162 Å². The number of ether oxygens (including phenoxy) is 5. The summed E-state index contributed by atoms with van der Waals surface area (Å²) in [7, 11) is 0. The lowest BCUT2D eigenvalue weighted by molar-refractivity contribution is -0.219. The van der Waals surface area contributed by atoms with Crippen LogP contribution in [0.5, 0.6) is 0 Å². The van der Waals surface area contributed by atoms with Crippen LogP contribution >= 0.6 is 32.6 Å². The predicted octanol–water partition coefficient (Wildman–Crippen LogP) is -0.0872. The first-order valence-electron chi connectivity index (χ1n) is 33.1. The Morgan fingerprint density at radius 2 is 0.899 bits per heavy atom. The van der Waals surface area contributed by atoms with Gasteiger partial charge in [0, 0.05) is 55.4 Å². The van der Waals surface area contributed by atoms with Crippen molar-refractivity contribution in [3.8, 4) is 0 Å². The van der Waals surface area contributed by atoms with Crippen molar-refractivity contribution in [1.29, 1.82) is 0 Å². The SMILES string of the molecule is Cc1cn([C@H]2CC(OP(=O)([S-])OC[C@H]3O[C@@H](n4cnc5c(=O)[nH]c(N)nc54)CC3OP([O-])(=S)OC[C@H]3O[C@@H](n4cc(C)c(=O)[nH]c4=O)CC3OP([O-])(=S)OC[C@H]3O[C@@H](n4ccc(N)nc4=O)CC3C(C)C)[C@@H](COP([O-])(=S)OC3C[C@H](n4cnc5c(=O)[nH]c(N)nc54)O[C@@H]3COP(=S)([S-])OC(C)C)O2)c(=O)[nH]c1=O. The zero-order chi connectivity index (χ0) is 78.7. The Hall–Kier alpha value is -4.85. The first-order chi connectivity index (χ1) is 51.2. The van der Waals surface area contributed by atoms with Crippen molar-refractivity contribution in [2.45, 2.75) is 166 Å². The van der Waals surface area contributed by atoms with Crippen molar-refractivity contribution in [3.63, 3.8) is 0 Å². The Kier molecular flexibility index (Phi) is 25.7. The van der Waals surface area contributed by atoms with E-state index >= 15 is 0 Å². The van der Waals surface area contributed by atoms with Gasteiger partial charge in [-0.1, -0.05) is 61.1 Å². The van der Waals surface area contributed by atoms with Gasteiger partial charge in [0.05, 0.1) is 88.0 Å². The smallest absolute Gasteiger partial charge is 0.351 e. The average Bonchev–Trinajstić information content (AvgIpc) is 1.76. The van der Waals surface area contributed by atoms with Crippen LogP contribution in [0.25, 0.3) is 22.3 Å². The summed E-state index contributed by atoms with van der Waals surface area (Å²) in [4.78, 5) is 163. The van der Waals surface area contributed by atoms with Gasteiger partial charge in [-0.05, 0) is 52.0 Å². The van der Waals surface area contributed by atoms with E-state index in [-0.39, 0.29) is 102 Å². The zero-order valence-electron chi connectivity index (χ0n) is 57.9. The molecule has 598 valence electrons. The van der Waals surface area contributed by atoms with Gasteiger partial charge in [0.1, 0.15) is 81.5 Å². The topological polar surface area (TPSA) is 575 Å². The highest BCUT2D eigenvalue weighted by molar-refractivity contribution is 8.51. The van der Waals surface area contributed by atoms with E-state index in [4.69, 9.17) is 158 Å². The number of nitrogens with one attached hydrogen (secondary N) is 4. The molecule has 5 aliphatic heterocycles. The average molecular weight is 1730 g/mol. The maximum Gasteiger partial charge on any atom is 0.351 e. The lowest BCUT2D eigenvalue weighted by atomic mass is 9.89. The highest BCUT2D eigenvalue weighted by Crippen LogP contribution is 2.55. The van der Waals surface area contributed by atoms with Crippen molar-refractivity contribution in [2.24, 2.45) is 11.8 Å². The first kappa shape index (κ1) is 83.6. The minimum Gasteiger partial charge on any atom is -0.780 e. The van der Waals surface area contributed by atoms with Crippen molar-refractivity contribution in [3.05, 3.63) is 121 Å². The molecular weight excluding hydrogens is 1660 g/mol. The van der Waals surface area contributed by atoms with Crippen LogP contribution in [0.1, 0.15) is 102 Å². The number of aryl methyl sites for hydroxylation is 2. The van der Waals surface area contributed by atoms with Gasteiger partial charge in [0.2, 0.25) is 11.9 Å².